The number of nitrogens with two attached hydrogens (primary N) is 1. The van der Waals surface area contributed by atoms with Gasteiger partial charge in [-0.15, -0.1) is 0 Å². The van der Waals surface area contributed by atoms with E-state index in [4.69, 9.17) is 5.73 Å². The first-order valence-electron chi connectivity index (χ1n) is 7.44. The number of nitrogens with one attached hydrogen (secondary N) is 2. The molecule has 1 amide bonds. The molecule has 22 heavy (non-hydrogen) atoms. The average Bonchev–Trinajstić information content (AvgIpc) is 3.13. The summed E-state index contributed by atoms with van der Waals surface area (Å²) in [5.41, 5.74) is 8.46. The summed E-state index contributed by atoms with van der Waals surface area (Å²) in [5.74, 6) is -0.274. The standard InChI is InChI=1S/C16H20N4O2/c17-13-6-11(7-15(13)21)16(22)18-9-12-8-14(20-19-12)10-4-2-1-3-5-10/h1-5,8,11,13,15,21H,6-7,9,17H2,(H,18,22)(H,19,20)/t11-,13+,15+/m0/s1. The first-order chi connectivity index (χ1) is 10.6. The van der Waals surface area contributed by atoms with Crippen LogP contribution in [0.25, 0.3) is 11.3 Å². The van der Waals surface area contributed by atoms with Crippen LogP contribution < -0.4 is 11.1 Å². The molecule has 3 rings (SSSR count). The molecule has 0 unspecified atom stereocenters. The second-order valence-electron chi connectivity index (χ2n) is 5.76. The van der Waals surface area contributed by atoms with E-state index in [0.717, 1.165) is 17.0 Å². The van der Waals surface area contributed by atoms with Crippen LogP contribution in [-0.4, -0.2) is 33.4 Å². The fraction of sp³-hybridized carbons (Fsp3) is 0.375. The van der Waals surface area contributed by atoms with E-state index in [9.17, 15) is 9.90 Å². The van der Waals surface area contributed by atoms with Crippen molar-refractivity contribution < 1.29 is 9.90 Å². The first kappa shape index (κ1) is 14.7. The smallest absolute Gasteiger partial charge is 0.223 e. The van der Waals surface area contributed by atoms with Gasteiger partial charge in [-0.3, -0.25) is 9.89 Å². The van der Waals surface area contributed by atoms with E-state index in [2.05, 4.69) is 15.5 Å². The number of aromatic amines is 1. The van der Waals surface area contributed by atoms with Crippen molar-refractivity contribution in [2.24, 2.45) is 11.7 Å². The molecule has 0 radical (unpaired) electrons. The van der Waals surface area contributed by atoms with E-state index >= 15 is 0 Å². The van der Waals surface area contributed by atoms with Crippen LogP contribution in [0.2, 0.25) is 0 Å². The lowest BCUT2D eigenvalue weighted by molar-refractivity contribution is -0.125. The van der Waals surface area contributed by atoms with Gasteiger partial charge in [-0.2, -0.15) is 5.10 Å². The minimum atomic E-state index is -0.576. The zero-order chi connectivity index (χ0) is 15.5. The normalized spacial score (nSPS) is 24.4. The van der Waals surface area contributed by atoms with E-state index < -0.39 is 6.10 Å². The molecule has 0 aliphatic heterocycles. The lowest BCUT2D eigenvalue weighted by Crippen LogP contribution is -2.30. The third kappa shape index (κ3) is 3.18. The Balaban J connectivity index is 1.56. The highest BCUT2D eigenvalue weighted by Gasteiger charge is 2.34. The number of amides is 1. The zero-order valence-corrected chi connectivity index (χ0v) is 12.2. The number of benzene rings is 1. The largest absolute Gasteiger partial charge is 0.391 e. The number of aliphatic hydroxyl groups excluding tert-OH is 1. The summed E-state index contributed by atoms with van der Waals surface area (Å²) in [6, 6.07) is 11.5. The molecule has 1 heterocycles. The average molecular weight is 300 g/mol. The molecule has 2 aromatic rings. The van der Waals surface area contributed by atoms with Gasteiger partial charge in [0.2, 0.25) is 5.91 Å². The predicted octanol–water partition coefficient (Wildman–Crippen LogP) is 0.791. The Morgan fingerprint density at radius 2 is 2.14 bits per heavy atom. The SMILES string of the molecule is N[C@@H]1C[C@H](C(=O)NCc2cc(-c3ccccc3)n[nH]2)C[C@H]1O. The van der Waals surface area contributed by atoms with Gasteiger partial charge in [0, 0.05) is 17.5 Å². The highest BCUT2D eigenvalue weighted by Crippen LogP contribution is 2.25. The Morgan fingerprint density at radius 1 is 1.36 bits per heavy atom. The molecule has 6 nitrogen and oxygen atoms in total. The lowest BCUT2D eigenvalue weighted by atomic mass is 10.1. The van der Waals surface area contributed by atoms with Crippen molar-refractivity contribution in [3.63, 3.8) is 0 Å². The van der Waals surface area contributed by atoms with Crippen LogP contribution in [0.1, 0.15) is 18.5 Å². The van der Waals surface area contributed by atoms with Gasteiger partial charge in [0.1, 0.15) is 0 Å². The van der Waals surface area contributed by atoms with Gasteiger partial charge >= 0.3 is 0 Å². The molecule has 0 saturated heterocycles. The third-order valence-electron chi connectivity index (χ3n) is 4.10. The van der Waals surface area contributed by atoms with Gasteiger partial charge in [-0.25, -0.2) is 0 Å². The van der Waals surface area contributed by atoms with Crippen molar-refractivity contribution in [1.82, 2.24) is 15.5 Å². The molecule has 0 spiro atoms. The third-order valence-corrected chi connectivity index (χ3v) is 4.10. The Bertz CT molecular complexity index is 631. The number of carbonyl (C=O) groups excluding carboxylic acids is 1. The molecule has 3 atom stereocenters. The number of rotatable bonds is 4. The quantitative estimate of drug-likeness (QED) is 0.670. The second kappa shape index (κ2) is 6.29. The van der Waals surface area contributed by atoms with E-state index in [1.54, 1.807) is 0 Å². The van der Waals surface area contributed by atoms with Crippen LogP contribution in [0.15, 0.2) is 36.4 Å². The number of aromatic nitrogens is 2. The minimum absolute atomic E-state index is 0.0668. The van der Waals surface area contributed by atoms with Crippen LogP contribution in [0.3, 0.4) is 0 Å². The van der Waals surface area contributed by atoms with E-state index in [0.29, 0.717) is 19.4 Å². The number of nitrogens with zero attached hydrogens (tertiary/aromatic N) is 1. The van der Waals surface area contributed by atoms with E-state index in [1.165, 1.54) is 0 Å². The number of hydrogen-bond donors (Lipinski definition) is 4. The van der Waals surface area contributed by atoms with E-state index in [-0.39, 0.29) is 17.9 Å². The summed E-state index contributed by atoms with van der Waals surface area (Å²) >= 11 is 0. The fourth-order valence-corrected chi connectivity index (χ4v) is 2.80. The van der Waals surface area contributed by atoms with Crippen molar-refractivity contribution >= 4 is 5.91 Å². The Morgan fingerprint density at radius 3 is 2.82 bits per heavy atom. The van der Waals surface area contributed by atoms with Gasteiger partial charge in [-0.1, -0.05) is 30.3 Å². The summed E-state index contributed by atoms with van der Waals surface area (Å²) in [6.07, 6.45) is 0.392. The van der Waals surface area contributed by atoms with Gasteiger partial charge in [0.05, 0.1) is 24.0 Å². The summed E-state index contributed by atoms with van der Waals surface area (Å²) in [6.45, 7) is 0.389. The van der Waals surface area contributed by atoms with Crippen LogP contribution in [0, 0.1) is 5.92 Å². The molecular formula is C16H20N4O2. The topological polar surface area (TPSA) is 104 Å². The summed E-state index contributed by atoms with van der Waals surface area (Å²) in [5, 5.41) is 19.7. The molecule has 1 aliphatic rings. The maximum atomic E-state index is 12.1. The van der Waals surface area contributed by atoms with Crippen LogP contribution >= 0.6 is 0 Å². The van der Waals surface area contributed by atoms with Gasteiger partial charge in [0.25, 0.3) is 0 Å². The Kier molecular flexibility index (Phi) is 4.22. The van der Waals surface area contributed by atoms with Crippen molar-refractivity contribution in [2.75, 3.05) is 0 Å². The second-order valence-corrected chi connectivity index (χ2v) is 5.76. The summed E-state index contributed by atoms with van der Waals surface area (Å²) < 4.78 is 0. The molecule has 116 valence electrons. The predicted molar refractivity (Wildman–Crippen MR) is 82.6 cm³/mol. The molecule has 1 saturated carbocycles. The monoisotopic (exact) mass is 300 g/mol. The number of carbonyl (C=O) groups is 1. The minimum Gasteiger partial charge on any atom is -0.391 e. The van der Waals surface area contributed by atoms with E-state index in [1.807, 2.05) is 36.4 Å². The summed E-state index contributed by atoms with van der Waals surface area (Å²) in [4.78, 5) is 12.1. The Labute approximate surface area is 128 Å². The van der Waals surface area contributed by atoms with Gasteiger partial charge in [0.15, 0.2) is 0 Å². The van der Waals surface area contributed by atoms with Crippen LogP contribution in [-0.2, 0) is 11.3 Å². The number of aliphatic hydroxyl groups is 1. The van der Waals surface area contributed by atoms with Crippen molar-refractivity contribution in [2.45, 2.75) is 31.5 Å². The molecule has 1 aromatic heterocycles. The van der Waals surface area contributed by atoms with Crippen LogP contribution in [0.4, 0.5) is 0 Å². The maximum absolute atomic E-state index is 12.1. The van der Waals surface area contributed by atoms with Crippen molar-refractivity contribution in [3.05, 3.63) is 42.1 Å². The Hall–Kier alpha value is -2.18. The molecule has 5 N–H and O–H groups in total. The molecule has 1 aromatic carbocycles. The molecule has 1 fully saturated rings. The molecule has 1 aliphatic carbocycles. The molecule has 6 heteroatoms. The van der Waals surface area contributed by atoms with Gasteiger partial charge in [-0.05, 0) is 18.9 Å². The first-order valence-corrected chi connectivity index (χ1v) is 7.44. The summed E-state index contributed by atoms with van der Waals surface area (Å²) in [7, 11) is 0. The number of hydrogen-bond acceptors (Lipinski definition) is 4. The molecular weight excluding hydrogens is 280 g/mol. The van der Waals surface area contributed by atoms with Crippen molar-refractivity contribution in [1.29, 1.82) is 0 Å². The zero-order valence-electron chi connectivity index (χ0n) is 12.2. The lowest BCUT2D eigenvalue weighted by Gasteiger charge is -2.09. The fourth-order valence-electron chi connectivity index (χ4n) is 2.80. The molecule has 0 bridgehead atoms. The number of H-pyrrole nitrogens is 1. The maximum Gasteiger partial charge on any atom is 0.223 e. The highest BCUT2D eigenvalue weighted by atomic mass is 16.3. The van der Waals surface area contributed by atoms with Crippen molar-refractivity contribution in [3.8, 4) is 11.3 Å². The van der Waals surface area contributed by atoms with Gasteiger partial charge < -0.3 is 16.2 Å². The van der Waals surface area contributed by atoms with Crippen LogP contribution in [0.5, 0.6) is 0 Å². The highest BCUT2D eigenvalue weighted by molar-refractivity contribution is 5.79.